The number of carbonyl (C=O) groups is 2. The molecule has 3 rings (SSSR count). The monoisotopic (exact) mass is 468 g/mol. The second-order valence-electron chi connectivity index (χ2n) is 6.02. The second kappa shape index (κ2) is 9.61. The number of aliphatic hydroxyl groups excluding tert-OH is 1. The lowest BCUT2D eigenvalue weighted by atomic mass is 10.1. The van der Waals surface area contributed by atoms with Gasteiger partial charge in [0, 0.05) is 22.4 Å². The van der Waals surface area contributed by atoms with Crippen molar-refractivity contribution in [2.75, 3.05) is 12.4 Å². The number of carbonyl (C=O) groups excluding carboxylic acids is 2. The average molecular weight is 469 g/mol. The minimum Gasteiger partial charge on any atom is -0.396 e. The fourth-order valence-corrected chi connectivity index (χ4v) is 4.49. The molecule has 2 aromatic carbocycles. The average Bonchev–Trinajstić information content (AvgIpc) is 2.96. The van der Waals surface area contributed by atoms with Gasteiger partial charge >= 0.3 is 0 Å². The Kier molecular flexibility index (Phi) is 7.14. The van der Waals surface area contributed by atoms with Gasteiger partial charge in [0.1, 0.15) is 5.82 Å². The molecule has 0 bridgehead atoms. The van der Waals surface area contributed by atoms with Crippen molar-refractivity contribution in [3.05, 3.63) is 73.4 Å². The molecule has 7 nitrogen and oxygen atoms in total. The Balaban J connectivity index is 1.86. The third kappa shape index (κ3) is 4.84. The van der Waals surface area contributed by atoms with Gasteiger partial charge in [-0.1, -0.05) is 23.7 Å². The van der Waals surface area contributed by atoms with Crippen molar-refractivity contribution < 1.29 is 24.0 Å². The van der Waals surface area contributed by atoms with E-state index in [1.807, 2.05) is 0 Å². The van der Waals surface area contributed by atoms with E-state index in [1.165, 1.54) is 36.4 Å². The van der Waals surface area contributed by atoms with E-state index in [-0.39, 0.29) is 34.3 Å². The lowest BCUT2D eigenvalue weighted by Crippen LogP contribution is -2.28. The zero-order chi connectivity index (χ0) is 21.8. The third-order valence-electron chi connectivity index (χ3n) is 4.08. The van der Waals surface area contributed by atoms with Gasteiger partial charge in [-0.15, -0.1) is 11.8 Å². The summed E-state index contributed by atoms with van der Waals surface area (Å²) in [5, 5.41) is 19.8. The number of rotatable bonds is 7. The van der Waals surface area contributed by atoms with E-state index in [0.717, 1.165) is 16.7 Å². The molecule has 1 saturated heterocycles. The molecule has 0 unspecified atom stereocenters. The Hall–Kier alpha value is -2.40. The predicted molar refractivity (Wildman–Crippen MR) is 114 cm³/mol. The van der Waals surface area contributed by atoms with Crippen LogP contribution in [0.25, 0.3) is 6.08 Å². The molecule has 1 aliphatic rings. The van der Waals surface area contributed by atoms with Crippen LogP contribution < -0.4 is 0 Å². The number of thioether (sulfide) groups is 2. The number of hydrogen-bond donors (Lipinski definition) is 1. The smallest absolute Gasteiger partial charge is 0.293 e. The van der Waals surface area contributed by atoms with Gasteiger partial charge in [-0.25, -0.2) is 4.39 Å². The van der Waals surface area contributed by atoms with E-state index in [0.29, 0.717) is 28.0 Å². The van der Waals surface area contributed by atoms with Gasteiger partial charge in [0.25, 0.3) is 16.8 Å². The molecule has 156 valence electrons. The first-order chi connectivity index (χ1) is 14.3. The molecular weight excluding hydrogens is 455 g/mol. The minimum absolute atomic E-state index is 0.0311. The zero-order valence-corrected chi connectivity index (χ0v) is 17.6. The predicted octanol–water partition coefficient (Wildman–Crippen LogP) is 4.71. The van der Waals surface area contributed by atoms with E-state index in [1.54, 1.807) is 6.07 Å². The summed E-state index contributed by atoms with van der Waals surface area (Å²) in [5.41, 5.74) is 0.229. The van der Waals surface area contributed by atoms with Crippen molar-refractivity contribution in [2.45, 2.75) is 11.4 Å². The van der Waals surface area contributed by atoms with Gasteiger partial charge in [-0.05, 0) is 41.6 Å². The zero-order valence-electron chi connectivity index (χ0n) is 15.2. The molecule has 11 heteroatoms. The molecule has 0 radical (unpaired) electrons. The first-order valence-electron chi connectivity index (χ1n) is 8.52. The van der Waals surface area contributed by atoms with Crippen molar-refractivity contribution in [3.63, 3.8) is 0 Å². The topological polar surface area (TPSA) is 101 Å². The maximum atomic E-state index is 14.0. The summed E-state index contributed by atoms with van der Waals surface area (Å²) in [6.07, 6.45) is 1.38. The van der Waals surface area contributed by atoms with Gasteiger partial charge < -0.3 is 5.11 Å². The number of nitro benzene ring substituents is 1. The lowest BCUT2D eigenvalue weighted by Gasteiger charge is -2.14. The standard InChI is InChI=1S/C19H14ClFN2O5S2/c20-13-2-1-3-14(21)12(13)10-22-18(25)17(30-19(22)26)9-11-4-5-16(29-7-6-24)15(8-11)23(27)28/h1-5,8-9,24H,6-7,10H2. The number of halogens is 2. The SMILES string of the molecule is O=C1SC(=Cc2ccc(SCCO)c([N+](=O)[O-])c2)C(=O)N1Cc1c(F)cccc1Cl. The molecule has 2 amide bonds. The Morgan fingerprint density at radius 2 is 2.07 bits per heavy atom. The summed E-state index contributed by atoms with van der Waals surface area (Å²) in [7, 11) is 0. The van der Waals surface area contributed by atoms with Crippen molar-refractivity contribution in [1.82, 2.24) is 4.90 Å². The van der Waals surface area contributed by atoms with Crippen LogP contribution >= 0.6 is 35.1 Å². The van der Waals surface area contributed by atoms with E-state index in [4.69, 9.17) is 16.7 Å². The van der Waals surface area contributed by atoms with Crippen molar-refractivity contribution >= 4 is 58.0 Å². The number of aliphatic hydroxyl groups is 1. The Labute approximate surface area is 184 Å². The number of amides is 2. The van der Waals surface area contributed by atoms with E-state index < -0.39 is 21.9 Å². The highest BCUT2D eigenvalue weighted by molar-refractivity contribution is 8.18. The lowest BCUT2D eigenvalue weighted by molar-refractivity contribution is -0.387. The molecule has 30 heavy (non-hydrogen) atoms. The summed E-state index contributed by atoms with van der Waals surface area (Å²) in [6.45, 7) is -0.437. The largest absolute Gasteiger partial charge is 0.396 e. The van der Waals surface area contributed by atoms with Crippen molar-refractivity contribution in [3.8, 4) is 0 Å². The molecular formula is C19H14ClFN2O5S2. The fourth-order valence-electron chi connectivity index (χ4n) is 2.67. The summed E-state index contributed by atoms with van der Waals surface area (Å²) < 4.78 is 14.0. The molecule has 0 saturated carbocycles. The van der Waals surface area contributed by atoms with E-state index >= 15 is 0 Å². The maximum absolute atomic E-state index is 14.0. The van der Waals surface area contributed by atoms with Crippen LogP contribution in [-0.4, -0.2) is 38.4 Å². The molecule has 1 N–H and O–H groups in total. The number of nitrogens with zero attached hydrogens (tertiary/aromatic N) is 2. The highest BCUT2D eigenvalue weighted by Gasteiger charge is 2.36. The fraction of sp³-hybridized carbons (Fsp3) is 0.158. The number of hydrogen-bond acceptors (Lipinski definition) is 7. The van der Waals surface area contributed by atoms with Gasteiger partial charge in [0.2, 0.25) is 0 Å². The van der Waals surface area contributed by atoms with Crippen molar-refractivity contribution in [1.29, 1.82) is 0 Å². The number of benzene rings is 2. The Morgan fingerprint density at radius 3 is 2.73 bits per heavy atom. The molecule has 0 atom stereocenters. The number of nitro groups is 1. The third-order valence-corrected chi connectivity index (χ3v) is 6.38. The normalized spacial score (nSPS) is 15.3. The van der Waals surface area contributed by atoms with Gasteiger partial charge in [0.15, 0.2) is 0 Å². The van der Waals surface area contributed by atoms with Crippen LogP contribution in [-0.2, 0) is 11.3 Å². The van der Waals surface area contributed by atoms with Gasteiger partial charge in [0.05, 0.1) is 27.9 Å². The first-order valence-corrected chi connectivity index (χ1v) is 10.7. The van der Waals surface area contributed by atoms with Crippen LogP contribution in [0, 0.1) is 15.9 Å². The summed E-state index contributed by atoms with van der Waals surface area (Å²) >= 11 is 7.78. The molecule has 0 spiro atoms. The molecule has 1 aliphatic heterocycles. The van der Waals surface area contributed by atoms with Gasteiger partial charge in [-0.3, -0.25) is 24.6 Å². The second-order valence-corrected chi connectivity index (χ2v) is 8.56. The van der Waals surface area contributed by atoms with Crippen LogP contribution in [0.3, 0.4) is 0 Å². The van der Waals surface area contributed by atoms with Crippen LogP contribution in [0.15, 0.2) is 46.2 Å². The highest BCUT2D eigenvalue weighted by Crippen LogP contribution is 2.36. The minimum atomic E-state index is -0.634. The van der Waals surface area contributed by atoms with E-state index in [9.17, 15) is 24.1 Å². The number of imide groups is 1. The molecule has 1 fully saturated rings. The molecule has 0 aromatic heterocycles. The Morgan fingerprint density at radius 1 is 1.30 bits per heavy atom. The summed E-state index contributed by atoms with van der Waals surface area (Å²) in [6, 6.07) is 8.46. The van der Waals surface area contributed by atoms with Crippen LogP contribution in [0.5, 0.6) is 0 Å². The summed E-state index contributed by atoms with van der Waals surface area (Å²) in [4.78, 5) is 37.1. The van der Waals surface area contributed by atoms with Crippen LogP contribution in [0.2, 0.25) is 5.02 Å². The molecule has 0 aliphatic carbocycles. The Bertz CT molecular complexity index is 1040. The maximum Gasteiger partial charge on any atom is 0.293 e. The quantitative estimate of drug-likeness (QED) is 0.272. The highest BCUT2D eigenvalue weighted by atomic mass is 35.5. The van der Waals surface area contributed by atoms with Crippen molar-refractivity contribution in [2.24, 2.45) is 0 Å². The first kappa shape index (κ1) is 22.3. The molecule has 1 heterocycles. The van der Waals surface area contributed by atoms with Crippen LogP contribution in [0.4, 0.5) is 14.9 Å². The van der Waals surface area contributed by atoms with E-state index in [2.05, 4.69) is 0 Å². The molecule has 2 aromatic rings. The summed E-state index contributed by atoms with van der Waals surface area (Å²) in [5.74, 6) is -0.958. The van der Waals surface area contributed by atoms with Gasteiger partial charge in [-0.2, -0.15) is 0 Å². The van der Waals surface area contributed by atoms with Crippen LogP contribution in [0.1, 0.15) is 11.1 Å².